The minimum absolute atomic E-state index is 0.0117. The number of Topliss-reactive ketones (excluding diaryl/α,β-unsaturated/α-hetero) is 1. The van der Waals surface area contributed by atoms with E-state index < -0.39 is 47.5 Å². The van der Waals surface area contributed by atoms with Crippen LogP contribution in [0.4, 0.5) is 0 Å². The van der Waals surface area contributed by atoms with Crippen molar-refractivity contribution in [2.24, 2.45) is 0 Å². The smallest absolute Gasteiger partial charge is 0.345 e. The molecule has 0 aliphatic carbocycles. The number of aliphatic hydroxyl groups is 1. The molecular formula is C15H22O8. The zero-order valence-electron chi connectivity index (χ0n) is 13.5. The first-order valence-corrected chi connectivity index (χ1v) is 7.18. The largest absolute Gasteiger partial charge is 0.507 e. The SMILES string of the molecule is CCCCCC(=O)/C(C(=O)OC)=C(\O)[C@H](CC(=O)O)OC(C)=O. The highest BCUT2D eigenvalue weighted by Crippen LogP contribution is 2.18. The Hall–Kier alpha value is -2.38. The molecular weight excluding hydrogens is 308 g/mol. The van der Waals surface area contributed by atoms with Gasteiger partial charge in [0, 0.05) is 13.3 Å². The van der Waals surface area contributed by atoms with Crippen molar-refractivity contribution in [2.45, 2.75) is 52.1 Å². The Morgan fingerprint density at radius 2 is 1.70 bits per heavy atom. The lowest BCUT2D eigenvalue weighted by Crippen LogP contribution is -2.28. The number of carbonyl (C=O) groups is 4. The molecule has 0 heterocycles. The monoisotopic (exact) mass is 330 g/mol. The van der Waals surface area contributed by atoms with Gasteiger partial charge >= 0.3 is 17.9 Å². The molecule has 0 amide bonds. The van der Waals surface area contributed by atoms with Crippen molar-refractivity contribution in [1.82, 2.24) is 0 Å². The van der Waals surface area contributed by atoms with E-state index in [1.54, 1.807) is 0 Å². The fourth-order valence-corrected chi connectivity index (χ4v) is 1.84. The summed E-state index contributed by atoms with van der Waals surface area (Å²) in [7, 11) is 1.02. The molecule has 23 heavy (non-hydrogen) atoms. The van der Waals surface area contributed by atoms with Crippen LogP contribution in [-0.4, -0.2) is 47.1 Å². The Balaban J connectivity index is 5.59. The normalized spacial score (nSPS) is 12.8. The van der Waals surface area contributed by atoms with Gasteiger partial charge in [0.2, 0.25) is 0 Å². The predicted octanol–water partition coefficient (Wildman–Crippen LogP) is 1.53. The highest BCUT2D eigenvalue weighted by atomic mass is 16.6. The van der Waals surface area contributed by atoms with E-state index in [2.05, 4.69) is 9.47 Å². The summed E-state index contributed by atoms with van der Waals surface area (Å²) in [6.07, 6.45) is -0.319. The Bertz CT molecular complexity index is 476. The minimum Gasteiger partial charge on any atom is -0.507 e. The average Bonchev–Trinajstić information content (AvgIpc) is 2.45. The van der Waals surface area contributed by atoms with Crippen LogP contribution in [0.25, 0.3) is 0 Å². The number of carbonyl (C=O) groups excluding carboxylic acids is 3. The minimum atomic E-state index is -1.63. The van der Waals surface area contributed by atoms with Gasteiger partial charge in [-0.05, 0) is 6.42 Å². The number of unbranched alkanes of at least 4 members (excludes halogenated alkanes) is 2. The molecule has 0 bridgehead atoms. The van der Waals surface area contributed by atoms with Crippen molar-refractivity contribution in [1.29, 1.82) is 0 Å². The number of carboxylic acid groups (broad SMARTS) is 1. The molecule has 0 radical (unpaired) electrons. The van der Waals surface area contributed by atoms with Gasteiger partial charge in [-0.1, -0.05) is 19.8 Å². The lowest BCUT2D eigenvalue weighted by atomic mass is 10.0. The van der Waals surface area contributed by atoms with Crippen molar-refractivity contribution in [3.05, 3.63) is 11.3 Å². The van der Waals surface area contributed by atoms with Crippen molar-refractivity contribution in [3.63, 3.8) is 0 Å². The Morgan fingerprint density at radius 1 is 1.09 bits per heavy atom. The second-order valence-corrected chi connectivity index (χ2v) is 4.83. The first-order chi connectivity index (χ1) is 10.7. The van der Waals surface area contributed by atoms with Crippen LogP contribution in [-0.2, 0) is 28.7 Å². The first kappa shape index (κ1) is 20.6. The molecule has 0 aliphatic rings. The predicted molar refractivity (Wildman–Crippen MR) is 78.6 cm³/mol. The number of ketones is 1. The van der Waals surface area contributed by atoms with Crippen LogP contribution in [0.2, 0.25) is 0 Å². The average molecular weight is 330 g/mol. The van der Waals surface area contributed by atoms with E-state index in [0.29, 0.717) is 6.42 Å². The number of rotatable bonds is 10. The van der Waals surface area contributed by atoms with Gasteiger partial charge in [-0.25, -0.2) is 4.79 Å². The fraction of sp³-hybridized carbons (Fsp3) is 0.600. The van der Waals surface area contributed by atoms with E-state index >= 15 is 0 Å². The Morgan fingerprint density at radius 3 is 2.13 bits per heavy atom. The number of aliphatic hydroxyl groups excluding tert-OH is 1. The number of methoxy groups -OCH3 is 1. The summed E-state index contributed by atoms with van der Waals surface area (Å²) in [5.74, 6) is -4.93. The number of carboxylic acids is 1. The van der Waals surface area contributed by atoms with E-state index in [1.807, 2.05) is 6.92 Å². The molecule has 0 saturated carbocycles. The van der Waals surface area contributed by atoms with Crippen LogP contribution in [0.1, 0.15) is 46.0 Å². The molecule has 1 atom stereocenters. The summed E-state index contributed by atoms with van der Waals surface area (Å²) >= 11 is 0. The third-order valence-electron chi connectivity index (χ3n) is 2.91. The molecule has 2 N–H and O–H groups in total. The Labute approximate surface area is 134 Å². The van der Waals surface area contributed by atoms with Crippen LogP contribution in [0.5, 0.6) is 0 Å². The fourth-order valence-electron chi connectivity index (χ4n) is 1.84. The van der Waals surface area contributed by atoms with Crippen LogP contribution < -0.4 is 0 Å². The molecule has 0 aromatic rings. The molecule has 130 valence electrons. The number of aliphatic carboxylic acids is 1. The quantitative estimate of drug-likeness (QED) is 0.154. The van der Waals surface area contributed by atoms with Crippen LogP contribution in [0.3, 0.4) is 0 Å². The van der Waals surface area contributed by atoms with Crippen LogP contribution in [0, 0.1) is 0 Å². The lowest BCUT2D eigenvalue weighted by Gasteiger charge is -2.17. The maximum Gasteiger partial charge on any atom is 0.345 e. The van der Waals surface area contributed by atoms with Crippen molar-refractivity contribution >= 4 is 23.7 Å². The highest BCUT2D eigenvalue weighted by Gasteiger charge is 2.31. The number of hydrogen-bond donors (Lipinski definition) is 2. The topological polar surface area (TPSA) is 127 Å². The summed E-state index contributed by atoms with van der Waals surface area (Å²) in [5.41, 5.74) is -0.684. The standard InChI is InChI=1S/C15H22O8/c1-4-5-6-7-10(17)13(15(21)22-3)14(20)11(8-12(18)19)23-9(2)16/h11,20H,4-8H2,1-3H3,(H,18,19)/b14-13+/t11-/m0/s1. The van der Waals surface area contributed by atoms with Gasteiger partial charge in [0.25, 0.3) is 0 Å². The van der Waals surface area contributed by atoms with Crippen molar-refractivity contribution in [3.8, 4) is 0 Å². The summed E-state index contributed by atoms with van der Waals surface area (Å²) in [4.78, 5) is 45.7. The summed E-state index contributed by atoms with van der Waals surface area (Å²) in [6.45, 7) is 2.95. The lowest BCUT2D eigenvalue weighted by molar-refractivity contribution is -0.151. The maximum atomic E-state index is 12.1. The van der Waals surface area contributed by atoms with Gasteiger partial charge in [0.05, 0.1) is 13.5 Å². The number of esters is 2. The third-order valence-corrected chi connectivity index (χ3v) is 2.91. The van der Waals surface area contributed by atoms with Gasteiger partial charge in [-0.2, -0.15) is 0 Å². The van der Waals surface area contributed by atoms with Gasteiger partial charge in [-0.15, -0.1) is 0 Å². The van der Waals surface area contributed by atoms with Crippen LogP contribution in [0.15, 0.2) is 11.3 Å². The molecule has 0 aliphatic heterocycles. The van der Waals surface area contributed by atoms with E-state index in [0.717, 1.165) is 26.9 Å². The van der Waals surface area contributed by atoms with Gasteiger partial charge in [0.1, 0.15) is 5.57 Å². The van der Waals surface area contributed by atoms with Crippen molar-refractivity contribution in [2.75, 3.05) is 7.11 Å². The second kappa shape index (κ2) is 10.4. The molecule has 0 unspecified atom stereocenters. The molecule has 0 saturated heterocycles. The highest BCUT2D eigenvalue weighted by molar-refractivity contribution is 6.17. The number of hydrogen-bond acceptors (Lipinski definition) is 7. The van der Waals surface area contributed by atoms with Gasteiger partial charge in [0.15, 0.2) is 17.6 Å². The first-order valence-electron chi connectivity index (χ1n) is 7.18. The van der Waals surface area contributed by atoms with Gasteiger partial charge in [-0.3, -0.25) is 14.4 Å². The van der Waals surface area contributed by atoms with Crippen LogP contribution >= 0.6 is 0 Å². The molecule has 0 fully saturated rings. The Kier molecular flexibility index (Phi) is 9.29. The molecule has 8 nitrogen and oxygen atoms in total. The van der Waals surface area contributed by atoms with Crippen molar-refractivity contribution < 1.29 is 38.9 Å². The molecule has 0 aromatic carbocycles. The van der Waals surface area contributed by atoms with E-state index in [-0.39, 0.29) is 6.42 Å². The van der Waals surface area contributed by atoms with E-state index in [4.69, 9.17) is 5.11 Å². The van der Waals surface area contributed by atoms with E-state index in [1.165, 1.54) is 0 Å². The summed E-state index contributed by atoms with van der Waals surface area (Å²) in [5, 5.41) is 18.9. The molecule has 0 aromatic heterocycles. The second-order valence-electron chi connectivity index (χ2n) is 4.83. The summed E-state index contributed by atoms with van der Waals surface area (Å²) in [6, 6.07) is 0. The van der Waals surface area contributed by atoms with E-state index in [9.17, 15) is 24.3 Å². The molecule has 0 spiro atoms. The zero-order chi connectivity index (χ0) is 18.0. The summed E-state index contributed by atoms with van der Waals surface area (Å²) < 4.78 is 9.14. The third kappa shape index (κ3) is 7.44. The maximum absolute atomic E-state index is 12.1. The van der Waals surface area contributed by atoms with Gasteiger partial charge < -0.3 is 19.7 Å². The zero-order valence-corrected chi connectivity index (χ0v) is 13.5. The molecule has 0 rings (SSSR count). The molecule has 8 heteroatoms. The number of ether oxygens (including phenoxy) is 2.